The van der Waals surface area contributed by atoms with Crippen molar-refractivity contribution in [2.45, 2.75) is 6.92 Å². The fourth-order valence-electron chi connectivity index (χ4n) is 1.90. The molecule has 0 radical (unpaired) electrons. The SMILES string of the molecule is C=C(NCCOC(=O)C1(C)COC(=O)OC1)Nc1ccccc1. The van der Waals surface area contributed by atoms with Crippen molar-refractivity contribution < 1.29 is 23.8 Å². The Balaban J connectivity index is 1.66. The lowest BCUT2D eigenvalue weighted by Gasteiger charge is -2.29. The van der Waals surface area contributed by atoms with Crippen LogP contribution in [0.15, 0.2) is 42.7 Å². The second-order valence-corrected chi connectivity index (χ2v) is 5.42. The number of carbonyl (C=O) groups is 2. The molecule has 1 aliphatic heterocycles. The zero-order valence-electron chi connectivity index (χ0n) is 13.0. The third kappa shape index (κ3) is 4.91. The summed E-state index contributed by atoms with van der Waals surface area (Å²) in [5, 5.41) is 6.09. The van der Waals surface area contributed by atoms with Gasteiger partial charge in [-0.05, 0) is 19.1 Å². The van der Waals surface area contributed by atoms with Crippen LogP contribution in [0, 0.1) is 5.41 Å². The summed E-state index contributed by atoms with van der Waals surface area (Å²) in [6.45, 7) is 5.95. The van der Waals surface area contributed by atoms with Gasteiger partial charge >= 0.3 is 12.1 Å². The van der Waals surface area contributed by atoms with Crippen molar-refractivity contribution in [3.05, 3.63) is 42.7 Å². The lowest BCUT2D eigenvalue weighted by molar-refractivity contribution is -0.165. The van der Waals surface area contributed by atoms with E-state index in [9.17, 15) is 9.59 Å². The Morgan fingerprint density at radius 2 is 1.96 bits per heavy atom. The number of cyclic esters (lactones) is 2. The van der Waals surface area contributed by atoms with Crippen LogP contribution in [0.4, 0.5) is 10.5 Å². The number of rotatable bonds is 7. The summed E-state index contributed by atoms with van der Waals surface area (Å²) in [6.07, 6.45) is -0.764. The van der Waals surface area contributed by atoms with Gasteiger partial charge in [0.1, 0.15) is 25.2 Å². The van der Waals surface area contributed by atoms with Gasteiger partial charge in [0.05, 0.1) is 12.4 Å². The van der Waals surface area contributed by atoms with E-state index in [-0.39, 0.29) is 19.8 Å². The van der Waals surface area contributed by atoms with Crippen LogP contribution in [0.5, 0.6) is 0 Å². The zero-order chi connectivity index (χ0) is 16.7. The molecule has 0 bridgehead atoms. The zero-order valence-corrected chi connectivity index (χ0v) is 13.0. The molecule has 0 amide bonds. The van der Waals surface area contributed by atoms with Crippen LogP contribution in [0.25, 0.3) is 0 Å². The molecule has 1 heterocycles. The normalized spacial score (nSPS) is 15.8. The Morgan fingerprint density at radius 3 is 2.61 bits per heavy atom. The first kappa shape index (κ1) is 16.7. The van der Waals surface area contributed by atoms with Gasteiger partial charge in [-0.3, -0.25) is 4.79 Å². The Bertz CT molecular complexity index is 563. The summed E-state index contributed by atoms with van der Waals surface area (Å²) in [7, 11) is 0. The first-order valence-corrected chi connectivity index (χ1v) is 7.21. The van der Waals surface area contributed by atoms with Gasteiger partial charge in [-0.15, -0.1) is 0 Å². The van der Waals surface area contributed by atoms with Crippen molar-refractivity contribution in [3.8, 4) is 0 Å². The predicted octanol–water partition coefficient (Wildman–Crippen LogP) is 1.88. The highest BCUT2D eigenvalue weighted by atomic mass is 16.7. The van der Waals surface area contributed by atoms with E-state index in [2.05, 4.69) is 17.2 Å². The highest BCUT2D eigenvalue weighted by Crippen LogP contribution is 2.23. The minimum absolute atomic E-state index is 0.0413. The second kappa shape index (κ2) is 7.53. The van der Waals surface area contributed by atoms with Gasteiger partial charge in [0.25, 0.3) is 0 Å². The van der Waals surface area contributed by atoms with E-state index in [1.165, 1.54) is 0 Å². The molecule has 0 aromatic heterocycles. The minimum Gasteiger partial charge on any atom is -0.463 e. The van der Waals surface area contributed by atoms with Gasteiger partial charge in [0.15, 0.2) is 0 Å². The molecule has 1 aliphatic rings. The molecular weight excluding hydrogens is 300 g/mol. The van der Waals surface area contributed by atoms with E-state index < -0.39 is 17.5 Å². The lowest BCUT2D eigenvalue weighted by Crippen LogP contribution is -2.44. The molecular formula is C16H20N2O5. The fourth-order valence-corrected chi connectivity index (χ4v) is 1.90. The highest BCUT2D eigenvalue weighted by Gasteiger charge is 2.41. The number of esters is 1. The van der Waals surface area contributed by atoms with Crippen LogP contribution in [0.2, 0.25) is 0 Å². The molecule has 7 heteroatoms. The summed E-state index contributed by atoms with van der Waals surface area (Å²) in [5.74, 6) is 0.141. The number of benzene rings is 1. The van der Waals surface area contributed by atoms with Crippen molar-refractivity contribution in [2.75, 3.05) is 31.7 Å². The van der Waals surface area contributed by atoms with Crippen molar-refractivity contribution >= 4 is 17.8 Å². The van der Waals surface area contributed by atoms with Crippen LogP contribution in [0.3, 0.4) is 0 Å². The highest BCUT2D eigenvalue weighted by molar-refractivity contribution is 5.78. The van der Waals surface area contributed by atoms with Crippen molar-refractivity contribution in [3.63, 3.8) is 0 Å². The molecule has 0 atom stereocenters. The average molecular weight is 320 g/mol. The first-order chi connectivity index (χ1) is 11.0. The smallest absolute Gasteiger partial charge is 0.463 e. The molecule has 7 nitrogen and oxygen atoms in total. The van der Waals surface area contributed by atoms with Crippen molar-refractivity contribution in [2.24, 2.45) is 5.41 Å². The molecule has 2 N–H and O–H groups in total. The minimum atomic E-state index is -0.965. The van der Waals surface area contributed by atoms with Gasteiger partial charge in [-0.2, -0.15) is 0 Å². The number of anilines is 1. The number of hydrogen-bond acceptors (Lipinski definition) is 7. The predicted molar refractivity (Wildman–Crippen MR) is 83.6 cm³/mol. The van der Waals surface area contributed by atoms with Gasteiger partial charge in [0.2, 0.25) is 0 Å². The third-order valence-corrected chi connectivity index (χ3v) is 3.25. The van der Waals surface area contributed by atoms with Crippen LogP contribution in [0.1, 0.15) is 6.92 Å². The molecule has 0 aliphatic carbocycles. The molecule has 0 saturated carbocycles. The molecule has 0 unspecified atom stereocenters. The number of ether oxygens (including phenoxy) is 3. The lowest BCUT2D eigenvalue weighted by atomic mass is 9.93. The van der Waals surface area contributed by atoms with Crippen LogP contribution in [-0.4, -0.2) is 38.5 Å². The maximum atomic E-state index is 12.0. The Kier molecular flexibility index (Phi) is 5.46. The standard InChI is InChI=1S/C16H20N2O5/c1-12(18-13-6-4-3-5-7-13)17-8-9-21-14(19)16(2)10-22-15(20)23-11-16/h3-7,17-18H,1,8-11H2,2H3. The van der Waals surface area contributed by atoms with Crippen molar-refractivity contribution in [1.82, 2.24) is 5.32 Å². The van der Waals surface area contributed by atoms with Crippen LogP contribution >= 0.6 is 0 Å². The molecule has 1 aromatic carbocycles. The third-order valence-electron chi connectivity index (χ3n) is 3.25. The number of para-hydroxylation sites is 1. The molecule has 1 saturated heterocycles. The summed E-state index contributed by atoms with van der Waals surface area (Å²) in [5.41, 5.74) is -0.0524. The summed E-state index contributed by atoms with van der Waals surface area (Å²) >= 11 is 0. The van der Waals surface area contributed by atoms with Crippen molar-refractivity contribution in [1.29, 1.82) is 0 Å². The van der Waals surface area contributed by atoms with E-state index in [1.54, 1.807) is 6.92 Å². The number of carbonyl (C=O) groups excluding carboxylic acids is 2. The Morgan fingerprint density at radius 1 is 1.30 bits per heavy atom. The van der Waals surface area contributed by atoms with E-state index in [1.807, 2.05) is 30.3 Å². The number of nitrogens with one attached hydrogen (secondary N) is 2. The van der Waals surface area contributed by atoms with E-state index in [0.717, 1.165) is 5.69 Å². The second-order valence-electron chi connectivity index (χ2n) is 5.42. The monoisotopic (exact) mass is 320 g/mol. The summed E-state index contributed by atoms with van der Waals surface area (Å²) < 4.78 is 14.6. The van der Waals surface area contributed by atoms with Gasteiger partial charge in [0, 0.05) is 5.69 Å². The quantitative estimate of drug-likeness (QED) is 0.586. The molecule has 23 heavy (non-hydrogen) atoms. The van der Waals surface area contributed by atoms with Gasteiger partial charge in [-0.25, -0.2) is 4.79 Å². The summed E-state index contributed by atoms with van der Waals surface area (Å²) in [4.78, 5) is 22.8. The van der Waals surface area contributed by atoms with Crippen LogP contribution < -0.4 is 10.6 Å². The Hall–Kier alpha value is -2.70. The number of hydrogen-bond donors (Lipinski definition) is 2. The maximum absolute atomic E-state index is 12.0. The van der Waals surface area contributed by atoms with E-state index in [4.69, 9.17) is 14.2 Å². The van der Waals surface area contributed by atoms with E-state index >= 15 is 0 Å². The van der Waals surface area contributed by atoms with Gasteiger partial charge < -0.3 is 24.8 Å². The van der Waals surface area contributed by atoms with Gasteiger partial charge in [-0.1, -0.05) is 24.8 Å². The Labute approximate surface area is 134 Å². The van der Waals surface area contributed by atoms with Crippen LogP contribution in [-0.2, 0) is 19.0 Å². The molecule has 124 valence electrons. The molecule has 1 fully saturated rings. The molecule has 1 aromatic rings. The first-order valence-electron chi connectivity index (χ1n) is 7.21. The largest absolute Gasteiger partial charge is 0.508 e. The average Bonchev–Trinajstić information content (AvgIpc) is 2.55. The fraction of sp³-hybridized carbons (Fsp3) is 0.375. The maximum Gasteiger partial charge on any atom is 0.508 e. The summed E-state index contributed by atoms with van der Waals surface area (Å²) in [6, 6.07) is 9.58. The van der Waals surface area contributed by atoms with E-state index in [0.29, 0.717) is 12.4 Å². The molecule has 2 rings (SSSR count). The molecule has 0 spiro atoms. The topological polar surface area (TPSA) is 85.9 Å².